The van der Waals surface area contributed by atoms with Gasteiger partial charge in [-0.3, -0.25) is 4.57 Å². The van der Waals surface area contributed by atoms with E-state index in [1.54, 1.807) is 18.2 Å². The summed E-state index contributed by atoms with van der Waals surface area (Å²) in [5.74, 6) is 0. The first-order chi connectivity index (χ1) is 4.61. The fourth-order valence-electron chi connectivity index (χ4n) is 0.622. The zero-order valence-corrected chi connectivity index (χ0v) is 12.5. The van der Waals surface area contributed by atoms with Crippen LogP contribution >= 0.6 is 7.60 Å². The molecule has 0 atom stereocenters. The Morgan fingerprint density at radius 1 is 1.00 bits per heavy atom. The molecule has 0 amide bonds. The van der Waals surface area contributed by atoms with Gasteiger partial charge in [0.25, 0.3) is 0 Å². The van der Waals surface area contributed by atoms with Crippen LogP contribution in [0.25, 0.3) is 0 Å². The van der Waals surface area contributed by atoms with E-state index in [0.29, 0.717) is 0 Å². The molecule has 4 N–H and O–H groups in total. The van der Waals surface area contributed by atoms with Crippen molar-refractivity contribution in [2.24, 2.45) is 0 Å². The maximum Gasteiger partial charge on any atom is 0.356 e. The van der Waals surface area contributed by atoms with Crippen LogP contribution in [0.4, 0.5) is 0 Å². The van der Waals surface area contributed by atoms with Gasteiger partial charge in [-0.05, 0) is 12.1 Å². The van der Waals surface area contributed by atoms with E-state index in [1.165, 1.54) is 12.1 Å². The van der Waals surface area contributed by atoms with Gasteiger partial charge < -0.3 is 15.3 Å². The molecule has 0 unspecified atom stereocenters. The van der Waals surface area contributed by atoms with Crippen LogP contribution < -0.4 is 5.30 Å². The maximum absolute atomic E-state index is 10.5. The third kappa shape index (κ3) is 7.28. The van der Waals surface area contributed by atoms with Gasteiger partial charge in [-0.15, -0.1) is 0 Å². The molecule has 0 heterocycles. The van der Waals surface area contributed by atoms with Crippen molar-refractivity contribution in [2.75, 3.05) is 0 Å². The summed E-state index contributed by atoms with van der Waals surface area (Å²) in [5, 5.41) is 0.0648. The van der Waals surface area contributed by atoms with E-state index in [2.05, 4.69) is 0 Å². The molecule has 1 rings (SSSR count). The van der Waals surface area contributed by atoms with Crippen LogP contribution in [0.5, 0.6) is 0 Å². The Morgan fingerprint density at radius 3 is 1.62 bits per heavy atom. The molecule has 0 aliphatic carbocycles. The fourth-order valence-corrected chi connectivity index (χ4v) is 1.18. The molecule has 0 aliphatic rings. The van der Waals surface area contributed by atoms with Crippen LogP contribution in [0.3, 0.4) is 0 Å². The summed E-state index contributed by atoms with van der Waals surface area (Å²) in [6, 6.07) is 7.70. The quantitative estimate of drug-likeness (QED) is 0.467. The molecule has 0 saturated heterocycles. The van der Waals surface area contributed by atoms with Gasteiger partial charge in [-0.2, -0.15) is 0 Å². The summed E-state index contributed by atoms with van der Waals surface area (Å²) in [7, 11) is -4.02. The smallest absolute Gasteiger partial charge is 0.356 e. The Morgan fingerprint density at radius 2 is 1.38 bits per heavy atom. The standard InChI is InChI=1S/C6H7O3P.2Na.H2O/c7-10(8,9)6-4-2-1-3-5-6;;;/h1-5H,(H2,7,8,9);;;1H2. The largest absolute Gasteiger partial charge is 0.412 e. The van der Waals surface area contributed by atoms with Crippen LogP contribution in [0.15, 0.2) is 30.3 Å². The Balaban J connectivity index is -0.000000333. The number of hydrogen-bond acceptors (Lipinski definition) is 1. The molecule has 13 heavy (non-hydrogen) atoms. The molecule has 1 aromatic carbocycles. The van der Waals surface area contributed by atoms with Crippen molar-refractivity contribution in [3.8, 4) is 0 Å². The molecule has 0 aromatic heterocycles. The second-order valence-electron chi connectivity index (χ2n) is 1.88. The van der Waals surface area contributed by atoms with Crippen LogP contribution in [-0.2, 0) is 4.57 Å². The zero-order valence-electron chi connectivity index (χ0n) is 7.64. The SMILES string of the molecule is O.O=P(O)(O)c1ccccc1.[Na].[Na]. The van der Waals surface area contributed by atoms with Crippen molar-refractivity contribution in [3.63, 3.8) is 0 Å². The first-order valence-corrected chi connectivity index (χ1v) is 4.33. The second kappa shape index (κ2) is 8.62. The topological polar surface area (TPSA) is 89.0 Å². The maximum atomic E-state index is 10.5. The van der Waals surface area contributed by atoms with Gasteiger partial charge in [-0.1, -0.05) is 18.2 Å². The van der Waals surface area contributed by atoms with Crippen molar-refractivity contribution in [1.82, 2.24) is 0 Å². The van der Waals surface area contributed by atoms with Crippen LogP contribution in [-0.4, -0.2) is 74.4 Å². The third-order valence-corrected chi connectivity index (χ3v) is 2.06. The van der Waals surface area contributed by atoms with Crippen molar-refractivity contribution >= 4 is 72.0 Å². The summed E-state index contributed by atoms with van der Waals surface area (Å²) < 4.78 is 10.5. The minimum Gasteiger partial charge on any atom is -0.412 e. The van der Waals surface area contributed by atoms with Crippen molar-refractivity contribution < 1.29 is 19.8 Å². The number of hydrogen-bond donors (Lipinski definition) is 2. The number of benzene rings is 1. The first-order valence-electron chi connectivity index (χ1n) is 2.72. The number of rotatable bonds is 1. The monoisotopic (exact) mass is 222 g/mol. The molecule has 2 radical (unpaired) electrons. The van der Waals surface area contributed by atoms with E-state index < -0.39 is 7.60 Å². The molecule has 0 spiro atoms. The normalized spacial score (nSPS) is 8.77. The van der Waals surface area contributed by atoms with Gasteiger partial charge in [0.2, 0.25) is 0 Å². The fraction of sp³-hybridized carbons (Fsp3) is 0. The van der Waals surface area contributed by atoms with Crippen molar-refractivity contribution in [3.05, 3.63) is 30.3 Å². The minimum absolute atomic E-state index is 0. The average Bonchev–Trinajstić information content (AvgIpc) is 1.88. The molecule has 0 fully saturated rings. The van der Waals surface area contributed by atoms with Crippen molar-refractivity contribution in [2.45, 2.75) is 0 Å². The molecule has 0 bridgehead atoms. The molecule has 0 saturated carbocycles. The third-order valence-electron chi connectivity index (χ3n) is 1.09. The van der Waals surface area contributed by atoms with E-state index >= 15 is 0 Å². The molecular formula is C6H9Na2O4P. The predicted molar refractivity (Wildman–Crippen MR) is 53.2 cm³/mol. The van der Waals surface area contributed by atoms with Crippen molar-refractivity contribution in [1.29, 1.82) is 0 Å². The predicted octanol–water partition coefficient (Wildman–Crippen LogP) is -1.10. The van der Waals surface area contributed by atoms with E-state index in [1.807, 2.05) is 0 Å². The summed E-state index contributed by atoms with van der Waals surface area (Å²) >= 11 is 0. The summed E-state index contributed by atoms with van der Waals surface area (Å²) in [6.07, 6.45) is 0. The van der Waals surface area contributed by atoms with Gasteiger partial charge in [0.1, 0.15) is 0 Å². The first kappa shape index (κ1) is 19.8. The molecule has 1 aromatic rings. The van der Waals surface area contributed by atoms with Crippen LogP contribution in [0.1, 0.15) is 0 Å². The molecule has 7 heteroatoms. The van der Waals surface area contributed by atoms with E-state index in [0.717, 1.165) is 0 Å². The minimum atomic E-state index is -4.02. The Hall–Kier alpha value is 1.33. The van der Waals surface area contributed by atoms with Crippen LogP contribution in [0, 0.1) is 0 Å². The van der Waals surface area contributed by atoms with E-state index in [-0.39, 0.29) is 69.9 Å². The van der Waals surface area contributed by atoms with Gasteiger partial charge in [-0.25, -0.2) is 0 Å². The molecule has 64 valence electrons. The average molecular weight is 222 g/mol. The Labute approximate surface area is 121 Å². The summed E-state index contributed by atoms with van der Waals surface area (Å²) in [5.41, 5.74) is 0. The zero-order chi connectivity index (χ0) is 7.61. The molecular weight excluding hydrogens is 213 g/mol. The molecule has 4 nitrogen and oxygen atoms in total. The van der Waals surface area contributed by atoms with Crippen LogP contribution in [0.2, 0.25) is 0 Å². The van der Waals surface area contributed by atoms with E-state index in [9.17, 15) is 4.57 Å². The second-order valence-corrected chi connectivity index (χ2v) is 3.48. The van der Waals surface area contributed by atoms with Gasteiger partial charge in [0, 0.05) is 59.1 Å². The summed E-state index contributed by atoms with van der Waals surface area (Å²) in [4.78, 5) is 17.2. The van der Waals surface area contributed by atoms with E-state index in [4.69, 9.17) is 9.79 Å². The Kier molecular flexibility index (Phi) is 13.2. The molecule has 0 aliphatic heterocycles. The summed E-state index contributed by atoms with van der Waals surface area (Å²) in [6.45, 7) is 0. The van der Waals surface area contributed by atoms with Gasteiger partial charge >= 0.3 is 7.60 Å². The van der Waals surface area contributed by atoms with Gasteiger partial charge in [0.15, 0.2) is 0 Å². The Bertz CT molecular complexity index is 261. The van der Waals surface area contributed by atoms with Gasteiger partial charge in [0.05, 0.1) is 5.30 Å².